The van der Waals surface area contributed by atoms with Gasteiger partial charge in [0.15, 0.2) is 5.84 Å². The number of hydrogen-bond donors (Lipinski definition) is 2. The third-order valence-corrected chi connectivity index (χ3v) is 5.52. The Labute approximate surface area is 185 Å². The number of aryl methyl sites for hydroxylation is 1. The Hall–Kier alpha value is -3.86. The third kappa shape index (κ3) is 4.42. The van der Waals surface area contributed by atoms with Crippen molar-refractivity contribution < 1.29 is 8.42 Å². The molecule has 3 heterocycles. The molecular formula is C21H22N8O2S. The van der Waals surface area contributed by atoms with Crippen molar-refractivity contribution in [2.24, 2.45) is 15.0 Å². The van der Waals surface area contributed by atoms with E-state index in [9.17, 15) is 8.42 Å². The van der Waals surface area contributed by atoms with Gasteiger partial charge in [0.2, 0.25) is 10.0 Å². The summed E-state index contributed by atoms with van der Waals surface area (Å²) in [5, 5.41) is 4.54. The minimum atomic E-state index is -3.43. The van der Waals surface area contributed by atoms with Crippen LogP contribution in [-0.4, -0.2) is 46.9 Å². The van der Waals surface area contributed by atoms with Gasteiger partial charge in [-0.3, -0.25) is 4.72 Å². The maximum absolute atomic E-state index is 11.7. The summed E-state index contributed by atoms with van der Waals surface area (Å²) >= 11 is 0. The lowest BCUT2D eigenvalue weighted by molar-refractivity contribution is 0.607. The molecule has 11 heteroatoms. The molecule has 0 radical (unpaired) electrons. The molecule has 0 amide bonds. The number of nitrogens with zero attached hydrogens (tertiary/aromatic N) is 6. The number of pyridine rings is 1. The van der Waals surface area contributed by atoms with Crippen molar-refractivity contribution in [2.45, 2.75) is 20.8 Å². The van der Waals surface area contributed by atoms with E-state index in [0.29, 0.717) is 40.3 Å². The summed E-state index contributed by atoms with van der Waals surface area (Å²) in [5.74, 6) is 1.11. The lowest BCUT2D eigenvalue weighted by atomic mass is 10.1. The van der Waals surface area contributed by atoms with E-state index in [1.54, 1.807) is 41.2 Å². The summed E-state index contributed by atoms with van der Waals surface area (Å²) in [7, 11) is -3.43. The molecule has 0 saturated heterocycles. The van der Waals surface area contributed by atoms with Crippen LogP contribution < -0.4 is 10.5 Å². The van der Waals surface area contributed by atoms with Gasteiger partial charge in [0.1, 0.15) is 11.5 Å². The van der Waals surface area contributed by atoms with Gasteiger partial charge in [-0.1, -0.05) is 12.1 Å². The van der Waals surface area contributed by atoms with E-state index in [0.717, 1.165) is 23.2 Å². The molecule has 10 nitrogen and oxygen atoms in total. The zero-order valence-electron chi connectivity index (χ0n) is 18.0. The number of rotatable bonds is 4. The molecule has 1 aliphatic heterocycles. The summed E-state index contributed by atoms with van der Waals surface area (Å²) in [6.07, 6.45) is 2.64. The van der Waals surface area contributed by atoms with E-state index >= 15 is 0 Å². The van der Waals surface area contributed by atoms with Crippen molar-refractivity contribution >= 4 is 44.7 Å². The Bertz CT molecular complexity index is 1400. The van der Waals surface area contributed by atoms with Gasteiger partial charge < -0.3 is 5.73 Å². The van der Waals surface area contributed by atoms with Crippen molar-refractivity contribution in [2.75, 3.05) is 16.7 Å². The Morgan fingerprint density at radius 2 is 1.88 bits per heavy atom. The third-order valence-electron chi connectivity index (χ3n) is 4.92. The SMILES string of the molecule is Cc1nn(C2=NC(=Nc3ccc(N)nc3)C(c3cccc(NS(C)(=O)=O)c3)=N2)c(C)c1C. The molecule has 1 aromatic carbocycles. The minimum absolute atomic E-state index is 0.355. The van der Waals surface area contributed by atoms with E-state index in [1.807, 2.05) is 26.8 Å². The molecule has 2 aromatic heterocycles. The lowest BCUT2D eigenvalue weighted by Crippen LogP contribution is -2.13. The largest absolute Gasteiger partial charge is 0.384 e. The van der Waals surface area contributed by atoms with E-state index < -0.39 is 10.0 Å². The van der Waals surface area contributed by atoms with Gasteiger partial charge in [0.25, 0.3) is 5.96 Å². The molecule has 3 aromatic rings. The Morgan fingerprint density at radius 1 is 1.09 bits per heavy atom. The molecule has 164 valence electrons. The fourth-order valence-electron chi connectivity index (χ4n) is 3.13. The summed E-state index contributed by atoms with van der Waals surface area (Å²) in [4.78, 5) is 18.0. The molecular weight excluding hydrogens is 428 g/mol. The Morgan fingerprint density at radius 3 is 2.50 bits per heavy atom. The van der Waals surface area contributed by atoms with E-state index in [2.05, 4.69) is 24.8 Å². The molecule has 0 spiro atoms. The van der Waals surface area contributed by atoms with Crippen LogP contribution in [-0.2, 0) is 10.0 Å². The van der Waals surface area contributed by atoms with Crippen LogP contribution in [0.4, 0.5) is 17.2 Å². The summed E-state index contributed by atoms with van der Waals surface area (Å²) < 4.78 is 27.5. The number of benzene rings is 1. The molecule has 0 fully saturated rings. The number of nitrogens with one attached hydrogen (secondary N) is 1. The molecule has 0 saturated carbocycles. The highest BCUT2D eigenvalue weighted by molar-refractivity contribution is 7.92. The number of aliphatic imine (C=N–C) groups is 3. The predicted octanol–water partition coefficient (Wildman–Crippen LogP) is 2.59. The summed E-state index contributed by atoms with van der Waals surface area (Å²) in [6, 6.07) is 10.3. The van der Waals surface area contributed by atoms with E-state index in [4.69, 9.17) is 10.7 Å². The maximum Gasteiger partial charge on any atom is 0.253 e. The molecule has 3 N–H and O–H groups in total. The fraction of sp³-hybridized carbons (Fsp3) is 0.190. The van der Waals surface area contributed by atoms with Crippen LogP contribution in [0.25, 0.3) is 0 Å². The molecule has 0 bridgehead atoms. The van der Waals surface area contributed by atoms with Crippen LogP contribution in [0.5, 0.6) is 0 Å². The number of amidine groups is 1. The minimum Gasteiger partial charge on any atom is -0.384 e. The number of hydrogen-bond acceptors (Lipinski definition) is 7. The number of aromatic nitrogens is 3. The molecule has 1 aliphatic rings. The Balaban J connectivity index is 1.83. The highest BCUT2D eigenvalue weighted by Crippen LogP contribution is 2.21. The average Bonchev–Trinajstić information content (AvgIpc) is 3.25. The number of nitrogens with two attached hydrogens (primary N) is 1. The van der Waals surface area contributed by atoms with Crippen molar-refractivity contribution in [3.8, 4) is 0 Å². The Kier molecular flexibility index (Phi) is 5.35. The van der Waals surface area contributed by atoms with Crippen molar-refractivity contribution in [3.05, 3.63) is 65.1 Å². The van der Waals surface area contributed by atoms with Crippen LogP contribution in [0, 0.1) is 20.8 Å². The number of nitrogen functional groups attached to an aromatic ring is 1. The zero-order chi connectivity index (χ0) is 23.0. The van der Waals surface area contributed by atoms with Gasteiger partial charge in [-0.25, -0.2) is 28.1 Å². The summed E-state index contributed by atoms with van der Waals surface area (Å²) in [6.45, 7) is 5.86. The molecule has 0 aliphatic carbocycles. The van der Waals surface area contributed by atoms with Gasteiger partial charge in [-0.15, -0.1) is 0 Å². The van der Waals surface area contributed by atoms with Crippen molar-refractivity contribution in [1.82, 2.24) is 14.8 Å². The van der Waals surface area contributed by atoms with Crippen LogP contribution in [0.2, 0.25) is 0 Å². The maximum atomic E-state index is 11.7. The van der Waals surface area contributed by atoms with Gasteiger partial charge in [-0.05, 0) is 50.6 Å². The van der Waals surface area contributed by atoms with Crippen molar-refractivity contribution in [1.29, 1.82) is 0 Å². The van der Waals surface area contributed by atoms with Crippen LogP contribution in [0.1, 0.15) is 22.5 Å². The molecule has 4 rings (SSSR count). The number of anilines is 2. The van der Waals surface area contributed by atoms with E-state index in [-0.39, 0.29) is 0 Å². The fourth-order valence-corrected chi connectivity index (χ4v) is 3.69. The highest BCUT2D eigenvalue weighted by Gasteiger charge is 2.24. The quantitative estimate of drug-likeness (QED) is 0.629. The average molecular weight is 451 g/mol. The standard InChI is InChI=1S/C21H22N8O2S/c1-12-13(2)27-29(14(12)3)21-25-19(15-6-5-7-16(10-15)28-32(4,30)31)20(26-21)24-17-8-9-18(22)23-11-17/h5-11,28H,1-4H3,(H2,22,23). The van der Waals surface area contributed by atoms with Gasteiger partial charge in [0.05, 0.1) is 23.8 Å². The summed E-state index contributed by atoms with van der Waals surface area (Å²) in [5.41, 5.74) is 10.6. The first kappa shape index (κ1) is 21.4. The van der Waals surface area contributed by atoms with Crippen LogP contribution >= 0.6 is 0 Å². The first-order valence-electron chi connectivity index (χ1n) is 9.70. The van der Waals surface area contributed by atoms with Crippen LogP contribution in [0.15, 0.2) is 57.6 Å². The normalized spacial score (nSPS) is 15.1. The number of sulfonamides is 1. The lowest BCUT2D eigenvalue weighted by Gasteiger charge is -2.07. The second-order valence-corrected chi connectivity index (χ2v) is 9.16. The van der Waals surface area contributed by atoms with Gasteiger partial charge in [0, 0.05) is 16.9 Å². The van der Waals surface area contributed by atoms with Gasteiger partial charge in [-0.2, -0.15) is 10.1 Å². The van der Waals surface area contributed by atoms with Crippen molar-refractivity contribution in [3.63, 3.8) is 0 Å². The monoisotopic (exact) mass is 450 g/mol. The van der Waals surface area contributed by atoms with E-state index in [1.165, 1.54) is 0 Å². The smallest absolute Gasteiger partial charge is 0.253 e. The molecule has 0 unspecified atom stereocenters. The van der Waals surface area contributed by atoms with Gasteiger partial charge >= 0.3 is 0 Å². The molecule has 32 heavy (non-hydrogen) atoms. The zero-order valence-corrected chi connectivity index (χ0v) is 18.8. The predicted molar refractivity (Wildman–Crippen MR) is 126 cm³/mol. The first-order chi connectivity index (χ1) is 15.1. The molecule has 0 atom stereocenters. The second kappa shape index (κ2) is 8.00. The highest BCUT2D eigenvalue weighted by atomic mass is 32.2. The second-order valence-electron chi connectivity index (χ2n) is 7.41. The topological polar surface area (TPSA) is 140 Å². The first-order valence-corrected chi connectivity index (χ1v) is 11.6. The van der Waals surface area contributed by atoms with Crippen LogP contribution in [0.3, 0.4) is 0 Å².